The van der Waals surface area contributed by atoms with Crippen LogP contribution >= 0.6 is 15.9 Å². The van der Waals surface area contributed by atoms with Crippen LogP contribution in [0.1, 0.15) is 37.5 Å². The molecule has 0 bridgehead atoms. The predicted molar refractivity (Wildman–Crippen MR) is 179 cm³/mol. The summed E-state index contributed by atoms with van der Waals surface area (Å²) >= 11 is 3.44. The van der Waals surface area contributed by atoms with Crippen LogP contribution in [0.3, 0.4) is 0 Å². The summed E-state index contributed by atoms with van der Waals surface area (Å²) in [6.07, 6.45) is 0.253. The maximum atomic E-state index is 14.5. The van der Waals surface area contributed by atoms with Gasteiger partial charge in [-0.15, -0.1) is 0 Å². The van der Waals surface area contributed by atoms with Crippen molar-refractivity contribution in [3.63, 3.8) is 0 Å². The number of anilines is 1. The number of sulfonamides is 1. The predicted octanol–water partition coefficient (Wildman–Crippen LogP) is 6.51. The summed E-state index contributed by atoms with van der Waals surface area (Å²) in [6.45, 7) is 7.25. The Hall–Kier alpha value is -3.95. The third-order valence-corrected chi connectivity index (χ3v) is 9.23. The average molecular weight is 677 g/mol. The number of aryl methyl sites for hydroxylation is 1. The van der Waals surface area contributed by atoms with Crippen molar-refractivity contribution in [2.24, 2.45) is 0 Å². The number of hydrogen-bond donors (Lipinski definition) is 1. The molecule has 9 heteroatoms. The summed E-state index contributed by atoms with van der Waals surface area (Å²) in [6, 6.07) is 31.2. The fourth-order valence-corrected chi connectivity index (χ4v) is 6.59. The smallest absolute Gasteiger partial charge is 0.264 e. The number of benzene rings is 4. The molecule has 0 aliphatic heterocycles. The Balaban J connectivity index is 1.81. The molecule has 0 fully saturated rings. The Kier molecular flexibility index (Phi) is 10.7. The van der Waals surface area contributed by atoms with Gasteiger partial charge in [-0.1, -0.05) is 100 Å². The van der Waals surface area contributed by atoms with Crippen molar-refractivity contribution in [1.29, 1.82) is 0 Å². The highest BCUT2D eigenvalue weighted by molar-refractivity contribution is 9.10. The van der Waals surface area contributed by atoms with Crippen molar-refractivity contribution < 1.29 is 18.0 Å². The van der Waals surface area contributed by atoms with E-state index in [1.807, 2.05) is 82.3 Å². The van der Waals surface area contributed by atoms with Gasteiger partial charge in [-0.3, -0.25) is 13.9 Å². The fraction of sp³-hybridized carbons (Fsp3) is 0.257. The summed E-state index contributed by atoms with van der Waals surface area (Å²) in [7, 11) is -4.15. The normalized spacial score (nSPS) is 12.3. The van der Waals surface area contributed by atoms with Gasteiger partial charge in [0.2, 0.25) is 11.8 Å². The molecule has 230 valence electrons. The number of halogens is 1. The lowest BCUT2D eigenvalue weighted by molar-refractivity contribution is -0.140. The zero-order valence-electron chi connectivity index (χ0n) is 25.4. The molecule has 0 heterocycles. The molecule has 4 aromatic rings. The molecular weight excluding hydrogens is 638 g/mol. The molecule has 2 amide bonds. The van der Waals surface area contributed by atoms with E-state index in [1.54, 1.807) is 42.5 Å². The van der Waals surface area contributed by atoms with E-state index in [4.69, 9.17) is 0 Å². The van der Waals surface area contributed by atoms with Crippen LogP contribution in [0.2, 0.25) is 0 Å². The molecule has 0 spiro atoms. The van der Waals surface area contributed by atoms with Crippen molar-refractivity contribution in [3.8, 4) is 0 Å². The van der Waals surface area contributed by atoms with Gasteiger partial charge in [0.1, 0.15) is 12.6 Å². The Morgan fingerprint density at radius 1 is 0.818 bits per heavy atom. The van der Waals surface area contributed by atoms with Crippen LogP contribution in [0, 0.1) is 6.92 Å². The van der Waals surface area contributed by atoms with E-state index >= 15 is 0 Å². The lowest BCUT2D eigenvalue weighted by Gasteiger charge is -2.35. The molecule has 0 saturated carbocycles. The summed E-state index contributed by atoms with van der Waals surface area (Å²) in [5.41, 5.74) is 2.54. The molecule has 4 rings (SSSR count). The number of nitrogens with zero attached hydrogens (tertiary/aromatic N) is 2. The number of hydrogen-bond acceptors (Lipinski definition) is 4. The summed E-state index contributed by atoms with van der Waals surface area (Å²) in [5.74, 6) is -0.822. The second kappa shape index (κ2) is 14.2. The lowest BCUT2D eigenvalue weighted by atomic mass is 10.0. The maximum absolute atomic E-state index is 14.5. The average Bonchev–Trinajstić information content (AvgIpc) is 2.98. The molecule has 0 unspecified atom stereocenters. The van der Waals surface area contributed by atoms with Crippen molar-refractivity contribution in [1.82, 2.24) is 10.2 Å². The number of nitrogens with one attached hydrogen (secondary N) is 1. The van der Waals surface area contributed by atoms with Gasteiger partial charge in [0, 0.05) is 23.0 Å². The first-order valence-corrected chi connectivity index (χ1v) is 16.6. The highest BCUT2D eigenvalue weighted by Crippen LogP contribution is 2.27. The van der Waals surface area contributed by atoms with E-state index in [1.165, 1.54) is 17.0 Å². The Labute approximate surface area is 269 Å². The van der Waals surface area contributed by atoms with E-state index in [9.17, 15) is 18.0 Å². The first kappa shape index (κ1) is 33.0. The standard InChI is InChI=1S/C35H38BrN3O4S/c1-26-18-20-28(21-19-26)24-38(32(34(41)37-35(2,3)4)22-27-12-7-5-8-13-27)33(40)25-39(30-15-11-14-29(36)23-30)44(42,43)31-16-9-6-10-17-31/h5-21,23,32H,22,24-25H2,1-4H3,(H,37,41)/t32-/m0/s1. The second-order valence-electron chi connectivity index (χ2n) is 11.8. The monoisotopic (exact) mass is 675 g/mol. The van der Waals surface area contributed by atoms with Crippen molar-refractivity contribution in [2.75, 3.05) is 10.8 Å². The Morgan fingerprint density at radius 2 is 1.43 bits per heavy atom. The fourth-order valence-electron chi connectivity index (χ4n) is 4.78. The molecule has 0 aliphatic carbocycles. The quantitative estimate of drug-likeness (QED) is 0.196. The zero-order valence-corrected chi connectivity index (χ0v) is 27.8. The van der Waals surface area contributed by atoms with Crippen LogP contribution in [0.25, 0.3) is 0 Å². The highest BCUT2D eigenvalue weighted by atomic mass is 79.9. The van der Waals surface area contributed by atoms with E-state index < -0.39 is 34.1 Å². The second-order valence-corrected chi connectivity index (χ2v) is 14.5. The number of amides is 2. The molecule has 44 heavy (non-hydrogen) atoms. The summed E-state index contributed by atoms with van der Waals surface area (Å²) in [4.78, 5) is 30.0. The minimum absolute atomic E-state index is 0.0594. The van der Waals surface area contributed by atoms with Gasteiger partial charge in [0.25, 0.3) is 10.0 Å². The van der Waals surface area contributed by atoms with Gasteiger partial charge in [0.15, 0.2) is 0 Å². The third-order valence-electron chi connectivity index (χ3n) is 6.95. The van der Waals surface area contributed by atoms with Gasteiger partial charge in [-0.05, 0) is 69.2 Å². The van der Waals surface area contributed by atoms with Gasteiger partial charge in [0.05, 0.1) is 10.6 Å². The van der Waals surface area contributed by atoms with Crippen LogP contribution in [0.4, 0.5) is 5.69 Å². The first-order valence-electron chi connectivity index (χ1n) is 14.4. The minimum Gasteiger partial charge on any atom is -0.350 e. The molecule has 0 aliphatic rings. The van der Waals surface area contributed by atoms with Crippen LogP contribution in [0.15, 0.2) is 119 Å². The first-order chi connectivity index (χ1) is 20.8. The molecule has 1 atom stereocenters. The van der Waals surface area contributed by atoms with Crippen molar-refractivity contribution in [2.45, 2.75) is 57.1 Å². The van der Waals surface area contributed by atoms with Crippen molar-refractivity contribution >= 4 is 43.5 Å². The lowest BCUT2D eigenvalue weighted by Crippen LogP contribution is -2.56. The molecule has 7 nitrogen and oxygen atoms in total. The minimum atomic E-state index is -4.15. The summed E-state index contributed by atoms with van der Waals surface area (Å²) in [5, 5.41) is 3.05. The molecule has 0 radical (unpaired) electrons. The number of rotatable bonds is 11. The number of carbonyl (C=O) groups is 2. The van der Waals surface area contributed by atoms with E-state index in [0.717, 1.165) is 21.0 Å². The largest absolute Gasteiger partial charge is 0.350 e. The Morgan fingerprint density at radius 3 is 2.02 bits per heavy atom. The van der Waals surface area contributed by atoms with Crippen LogP contribution in [0.5, 0.6) is 0 Å². The molecule has 4 aromatic carbocycles. The summed E-state index contributed by atoms with van der Waals surface area (Å²) < 4.78 is 29.9. The molecular formula is C35H38BrN3O4S. The third kappa shape index (κ3) is 8.80. The van der Waals surface area contributed by atoms with Gasteiger partial charge in [-0.25, -0.2) is 8.42 Å². The van der Waals surface area contributed by atoms with Crippen molar-refractivity contribution in [3.05, 3.63) is 130 Å². The zero-order chi connectivity index (χ0) is 31.9. The topological polar surface area (TPSA) is 86.8 Å². The molecule has 1 N–H and O–H groups in total. The molecule has 0 aromatic heterocycles. The SMILES string of the molecule is Cc1ccc(CN(C(=O)CN(c2cccc(Br)c2)S(=O)(=O)c2ccccc2)[C@@H](Cc2ccccc2)C(=O)NC(C)(C)C)cc1. The van der Waals surface area contributed by atoms with E-state index in [2.05, 4.69) is 21.2 Å². The van der Waals surface area contributed by atoms with Crippen LogP contribution in [-0.2, 0) is 32.6 Å². The van der Waals surface area contributed by atoms with Crippen LogP contribution in [-0.4, -0.2) is 43.3 Å². The van der Waals surface area contributed by atoms with E-state index in [0.29, 0.717) is 10.2 Å². The highest BCUT2D eigenvalue weighted by Gasteiger charge is 2.35. The van der Waals surface area contributed by atoms with Gasteiger partial charge >= 0.3 is 0 Å². The van der Waals surface area contributed by atoms with Gasteiger partial charge in [-0.2, -0.15) is 0 Å². The maximum Gasteiger partial charge on any atom is 0.264 e. The number of carbonyl (C=O) groups excluding carboxylic acids is 2. The molecule has 0 saturated heterocycles. The van der Waals surface area contributed by atoms with E-state index in [-0.39, 0.29) is 23.8 Å². The Bertz CT molecular complexity index is 1670. The van der Waals surface area contributed by atoms with Gasteiger partial charge < -0.3 is 10.2 Å². The van der Waals surface area contributed by atoms with Crippen LogP contribution < -0.4 is 9.62 Å².